The number of hydrogen-bond acceptors (Lipinski definition) is 7. The van der Waals surface area contributed by atoms with Crippen molar-refractivity contribution < 1.29 is 23.9 Å². The molecule has 0 saturated carbocycles. The fraction of sp³-hybridized carbons (Fsp3) is 0.423. The molecule has 2 atom stereocenters. The molecule has 2 aromatic carbocycles. The van der Waals surface area contributed by atoms with Gasteiger partial charge in [-0.1, -0.05) is 30.3 Å². The molecule has 0 bridgehead atoms. The molecular weight excluding hydrogens is 448 g/mol. The van der Waals surface area contributed by atoms with Gasteiger partial charge in [-0.2, -0.15) is 0 Å². The fourth-order valence-electron chi connectivity index (χ4n) is 4.94. The van der Waals surface area contributed by atoms with Gasteiger partial charge in [0.15, 0.2) is 0 Å². The Morgan fingerprint density at radius 1 is 1.09 bits per heavy atom. The Labute approximate surface area is 203 Å². The normalized spacial score (nSPS) is 22.2. The number of piperidine rings is 1. The number of morpholine rings is 1. The van der Waals surface area contributed by atoms with Gasteiger partial charge in [0.25, 0.3) is 5.91 Å². The van der Waals surface area contributed by atoms with Crippen LogP contribution in [-0.2, 0) is 40.4 Å². The summed E-state index contributed by atoms with van der Waals surface area (Å²) in [6, 6.07) is 11.1. The van der Waals surface area contributed by atoms with E-state index in [0.717, 1.165) is 42.8 Å². The molecule has 2 fully saturated rings. The average molecular weight is 479 g/mol. The molecule has 3 amide bonds. The molecular formula is C26H30N4O5. The molecule has 4 N–H and O–H groups in total. The number of carbonyl (C=O) groups excluding carboxylic acids is 3. The van der Waals surface area contributed by atoms with Gasteiger partial charge in [0, 0.05) is 42.7 Å². The molecule has 9 nitrogen and oxygen atoms in total. The summed E-state index contributed by atoms with van der Waals surface area (Å²) in [6.45, 7) is 3.35. The van der Waals surface area contributed by atoms with Gasteiger partial charge in [-0.05, 0) is 30.0 Å². The Morgan fingerprint density at radius 2 is 1.89 bits per heavy atom. The van der Waals surface area contributed by atoms with Crippen LogP contribution in [0.2, 0.25) is 0 Å². The highest BCUT2D eigenvalue weighted by atomic mass is 16.5. The van der Waals surface area contributed by atoms with Crippen LogP contribution in [0.15, 0.2) is 36.4 Å². The number of rotatable bonds is 7. The van der Waals surface area contributed by atoms with Crippen molar-refractivity contribution in [2.75, 3.05) is 19.7 Å². The highest BCUT2D eigenvalue weighted by Gasteiger charge is 2.40. The second-order valence-corrected chi connectivity index (χ2v) is 9.19. The first-order valence-corrected chi connectivity index (χ1v) is 12.1. The lowest BCUT2D eigenvalue weighted by molar-refractivity contribution is -0.136. The first-order valence-electron chi connectivity index (χ1n) is 12.1. The van der Waals surface area contributed by atoms with E-state index in [1.165, 1.54) is 10.5 Å². The van der Waals surface area contributed by atoms with Gasteiger partial charge >= 0.3 is 0 Å². The Balaban J connectivity index is 1.29. The van der Waals surface area contributed by atoms with Crippen LogP contribution in [0.4, 0.5) is 0 Å². The zero-order chi connectivity index (χ0) is 24.4. The molecule has 184 valence electrons. The highest BCUT2D eigenvalue weighted by Crippen LogP contribution is 2.36. The van der Waals surface area contributed by atoms with Crippen LogP contribution < -0.4 is 21.1 Å². The van der Waals surface area contributed by atoms with Crippen LogP contribution in [-0.4, -0.2) is 54.5 Å². The molecule has 3 aliphatic rings. The Morgan fingerprint density at radius 3 is 2.60 bits per heavy atom. The maximum atomic E-state index is 13.1. The molecule has 2 saturated heterocycles. The van der Waals surface area contributed by atoms with Crippen molar-refractivity contribution in [2.45, 2.75) is 51.1 Å². The second-order valence-electron chi connectivity index (χ2n) is 9.19. The lowest BCUT2D eigenvalue weighted by Gasteiger charge is -2.29. The number of hydrogen-bond donors (Lipinski definition) is 3. The summed E-state index contributed by atoms with van der Waals surface area (Å²) in [5, 5.41) is 5.68. The molecule has 3 heterocycles. The van der Waals surface area contributed by atoms with Crippen molar-refractivity contribution in [1.82, 2.24) is 15.5 Å². The standard InChI is InChI=1S/C26H30N4O5/c27-12-18-5-6-20-21(14-30(26(20)33)22-7-8-23(31)29-25(22)32)24(18)35-15-17-3-1-16(2-4-17)11-19-13-28-9-10-34-19/h1-6,19,22,28H,7-15,27H2,(H,29,31,32)/t19?,22-/m0/s1. The Bertz CT molecular complexity index is 1130. The average Bonchev–Trinajstić information content (AvgIpc) is 3.20. The summed E-state index contributed by atoms with van der Waals surface area (Å²) in [7, 11) is 0. The third-order valence-corrected chi connectivity index (χ3v) is 6.84. The molecule has 0 aromatic heterocycles. The zero-order valence-corrected chi connectivity index (χ0v) is 19.5. The minimum absolute atomic E-state index is 0.190. The van der Waals surface area contributed by atoms with Crippen LogP contribution >= 0.6 is 0 Å². The number of nitrogens with zero attached hydrogens (tertiary/aromatic N) is 1. The number of amides is 3. The fourth-order valence-corrected chi connectivity index (χ4v) is 4.94. The van der Waals surface area contributed by atoms with Gasteiger partial charge in [-0.15, -0.1) is 0 Å². The zero-order valence-electron chi connectivity index (χ0n) is 19.5. The molecule has 0 aliphatic carbocycles. The van der Waals surface area contributed by atoms with E-state index in [-0.39, 0.29) is 37.4 Å². The summed E-state index contributed by atoms with van der Waals surface area (Å²) in [6.07, 6.45) is 1.58. The summed E-state index contributed by atoms with van der Waals surface area (Å²) in [5.41, 5.74) is 10.2. The maximum Gasteiger partial charge on any atom is 0.255 e. The largest absolute Gasteiger partial charge is 0.488 e. The second kappa shape index (κ2) is 10.2. The van der Waals surface area contributed by atoms with Gasteiger partial charge in [-0.3, -0.25) is 19.7 Å². The van der Waals surface area contributed by atoms with Crippen LogP contribution in [0, 0.1) is 0 Å². The number of benzene rings is 2. The lowest BCUT2D eigenvalue weighted by Crippen LogP contribution is -2.52. The Kier molecular flexibility index (Phi) is 6.81. The SMILES string of the molecule is NCc1ccc2c(c1OCc1ccc(CC3CNCCO3)cc1)CN([C@H]1CCC(=O)NC1=O)C2=O. The van der Waals surface area contributed by atoms with Crippen molar-refractivity contribution in [1.29, 1.82) is 0 Å². The lowest BCUT2D eigenvalue weighted by atomic mass is 10.0. The molecule has 1 unspecified atom stereocenters. The number of ether oxygens (including phenoxy) is 2. The van der Waals surface area contributed by atoms with Crippen molar-refractivity contribution >= 4 is 17.7 Å². The third-order valence-electron chi connectivity index (χ3n) is 6.84. The molecule has 0 radical (unpaired) electrons. The molecule has 9 heteroatoms. The van der Waals surface area contributed by atoms with Crippen LogP contribution in [0.3, 0.4) is 0 Å². The van der Waals surface area contributed by atoms with Crippen molar-refractivity contribution in [3.8, 4) is 5.75 Å². The first kappa shape index (κ1) is 23.5. The van der Waals surface area contributed by atoms with E-state index in [2.05, 4.69) is 22.8 Å². The molecule has 2 aromatic rings. The molecule has 3 aliphatic heterocycles. The first-order chi connectivity index (χ1) is 17.0. The quantitative estimate of drug-likeness (QED) is 0.508. The van der Waals surface area contributed by atoms with Crippen molar-refractivity contribution in [2.24, 2.45) is 5.73 Å². The number of nitrogens with two attached hydrogens (primary N) is 1. The van der Waals surface area contributed by atoms with Crippen molar-refractivity contribution in [3.63, 3.8) is 0 Å². The summed E-state index contributed by atoms with van der Waals surface area (Å²) < 4.78 is 12.0. The van der Waals surface area contributed by atoms with E-state index in [1.54, 1.807) is 12.1 Å². The molecule has 5 rings (SSSR count). The minimum atomic E-state index is -0.669. The van der Waals surface area contributed by atoms with Gasteiger partial charge in [0.1, 0.15) is 18.4 Å². The monoisotopic (exact) mass is 478 g/mol. The van der Waals surface area contributed by atoms with Gasteiger partial charge in [0.2, 0.25) is 11.8 Å². The van der Waals surface area contributed by atoms with E-state index in [9.17, 15) is 14.4 Å². The van der Waals surface area contributed by atoms with E-state index in [0.29, 0.717) is 24.3 Å². The summed E-state index contributed by atoms with van der Waals surface area (Å²) in [4.78, 5) is 38.5. The number of nitrogens with one attached hydrogen (secondary N) is 2. The van der Waals surface area contributed by atoms with E-state index >= 15 is 0 Å². The van der Waals surface area contributed by atoms with Crippen LogP contribution in [0.5, 0.6) is 5.75 Å². The van der Waals surface area contributed by atoms with Crippen LogP contribution in [0.25, 0.3) is 0 Å². The van der Waals surface area contributed by atoms with E-state index in [4.69, 9.17) is 15.2 Å². The topological polar surface area (TPSA) is 123 Å². The number of imide groups is 1. The van der Waals surface area contributed by atoms with Crippen LogP contribution in [0.1, 0.15) is 45.5 Å². The minimum Gasteiger partial charge on any atom is -0.488 e. The van der Waals surface area contributed by atoms with Gasteiger partial charge < -0.3 is 25.4 Å². The molecule has 0 spiro atoms. The highest BCUT2D eigenvalue weighted by molar-refractivity contribution is 6.05. The van der Waals surface area contributed by atoms with E-state index < -0.39 is 11.9 Å². The van der Waals surface area contributed by atoms with E-state index in [1.807, 2.05) is 12.1 Å². The molecule has 35 heavy (non-hydrogen) atoms. The number of fused-ring (bicyclic) bond motifs is 1. The number of carbonyl (C=O) groups is 3. The third kappa shape index (κ3) is 4.93. The van der Waals surface area contributed by atoms with Gasteiger partial charge in [0.05, 0.1) is 19.3 Å². The summed E-state index contributed by atoms with van der Waals surface area (Å²) in [5.74, 6) is -0.372. The Hall–Kier alpha value is -3.27. The predicted molar refractivity (Wildman–Crippen MR) is 127 cm³/mol. The van der Waals surface area contributed by atoms with Crippen molar-refractivity contribution in [3.05, 3.63) is 64.2 Å². The smallest absolute Gasteiger partial charge is 0.255 e. The maximum absolute atomic E-state index is 13.1. The predicted octanol–water partition coefficient (Wildman–Crippen LogP) is 1.02. The van der Waals surface area contributed by atoms with Gasteiger partial charge in [-0.25, -0.2) is 0 Å². The summed E-state index contributed by atoms with van der Waals surface area (Å²) >= 11 is 0.